The van der Waals surface area contributed by atoms with Crippen LogP contribution in [0.2, 0.25) is 0 Å². The minimum absolute atomic E-state index is 0.0551. The largest absolute Gasteiger partial charge is 0.353 e. The Labute approximate surface area is 119 Å². The molecule has 0 bridgehead atoms. The lowest BCUT2D eigenvalue weighted by molar-refractivity contribution is -0.139. The van der Waals surface area contributed by atoms with Crippen molar-refractivity contribution in [3.05, 3.63) is 35.9 Å². The van der Waals surface area contributed by atoms with E-state index < -0.39 is 5.79 Å². The predicted octanol–water partition coefficient (Wildman–Crippen LogP) is 1.99. The van der Waals surface area contributed by atoms with Crippen LogP contribution in [-0.2, 0) is 19.7 Å². The fourth-order valence-corrected chi connectivity index (χ4v) is 2.77. The molecule has 1 saturated carbocycles. The third-order valence-corrected chi connectivity index (χ3v) is 4.07. The Morgan fingerprint density at radius 1 is 1.30 bits per heavy atom. The summed E-state index contributed by atoms with van der Waals surface area (Å²) in [6.07, 6.45) is 1.80. The molecule has 1 saturated heterocycles. The van der Waals surface area contributed by atoms with E-state index in [1.807, 2.05) is 44.2 Å². The lowest BCUT2D eigenvalue weighted by atomic mass is 9.95. The summed E-state index contributed by atoms with van der Waals surface area (Å²) in [5.74, 6) is -0.427. The molecular weight excluding hydrogens is 254 g/mol. The first-order valence-corrected chi connectivity index (χ1v) is 7.17. The molecule has 20 heavy (non-hydrogen) atoms. The van der Waals surface area contributed by atoms with Crippen LogP contribution in [0.15, 0.2) is 30.3 Å². The van der Waals surface area contributed by atoms with Gasteiger partial charge in [0.15, 0.2) is 5.79 Å². The molecule has 0 radical (unpaired) electrons. The smallest absolute Gasteiger partial charge is 0.230 e. The van der Waals surface area contributed by atoms with E-state index in [9.17, 15) is 4.79 Å². The summed E-state index contributed by atoms with van der Waals surface area (Å²) in [5, 5.41) is 3.02. The maximum absolute atomic E-state index is 12.4. The Kier molecular flexibility index (Phi) is 3.30. The summed E-state index contributed by atoms with van der Waals surface area (Å²) in [6, 6.07) is 10.0. The first kappa shape index (κ1) is 13.6. The standard InChI is InChI=1S/C16H21NO3/c1-15(2)19-11-13(20-15)10-17-14(18)16(8-9-16)12-6-4-3-5-7-12/h3-7,13H,8-11H2,1-2H3,(H,17,18). The monoisotopic (exact) mass is 275 g/mol. The van der Waals surface area contributed by atoms with Crippen molar-refractivity contribution in [2.75, 3.05) is 13.2 Å². The number of ether oxygens (including phenoxy) is 2. The minimum atomic E-state index is -0.536. The predicted molar refractivity (Wildman–Crippen MR) is 75.3 cm³/mol. The average molecular weight is 275 g/mol. The highest BCUT2D eigenvalue weighted by Crippen LogP contribution is 2.48. The van der Waals surface area contributed by atoms with Crippen LogP contribution >= 0.6 is 0 Å². The lowest BCUT2D eigenvalue weighted by Crippen LogP contribution is -2.40. The molecule has 1 aromatic carbocycles. The van der Waals surface area contributed by atoms with Crippen molar-refractivity contribution in [2.24, 2.45) is 0 Å². The van der Waals surface area contributed by atoms with Crippen molar-refractivity contribution in [1.82, 2.24) is 5.32 Å². The first-order valence-electron chi connectivity index (χ1n) is 7.17. The van der Waals surface area contributed by atoms with Crippen molar-refractivity contribution in [2.45, 2.75) is 44.0 Å². The van der Waals surface area contributed by atoms with Gasteiger partial charge < -0.3 is 14.8 Å². The van der Waals surface area contributed by atoms with Gasteiger partial charge in [0, 0.05) is 6.54 Å². The summed E-state index contributed by atoms with van der Waals surface area (Å²) in [6.45, 7) is 4.82. The van der Waals surface area contributed by atoms with Gasteiger partial charge >= 0.3 is 0 Å². The average Bonchev–Trinajstić information content (AvgIpc) is 3.17. The van der Waals surface area contributed by atoms with Crippen LogP contribution in [0.4, 0.5) is 0 Å². The number of amides is 1. The quantitative estimate of drug-likeness (QED) is 0.914. The Balaban J connectivity index is 1.58. The minimum Gasteiger partial charge on any atom is -0.353 e. The Bertz CT molecular complexity index is 494. The van der Waals surface area contributed by atoms with Crippen molar-refractivity contribution < 1.29 is 14.3 Å². The molecule has 1 atom stereocenters. The number of carbonyl (C=O) groups excluding carboxylic acids is 1. The van der Waals surface area contributed by atoms with Crippen molar-refractivity contribution in [1.29, 1.82) is 0 Å². The summed E-state index contributed by atoms with van der Waals surface area (Å²) in [5.41, 5.74) is 0.803. The molecule has 1 aliphatic carbocycles. The second-order valence-corrected chi connectivity index (χ2v) is 6.11. The number of nitrogens with one attached hydrogen (secondary N) is 1. The van der Waals surface area contributed by atoms with Gasteiger partial charge in [-0.2, -0.15) is 0 Å². The molecule has 3 rings (SSSR count). The molecular formula is C16H21NO3. The van der Waals surface area contributed by atoms with E-state index in [1.54, 1.807) is 0 Å². The maximum Gasteiger partial charge on any atom is 0.230 e. The van der Waals surface area contributed by atoms with Gasteiger partial charge in [-0.25, -0.2) is 0 Å². The van der Waals surface area contributed by atoms with Gasteiger partial charge in [-0.15, -0.1) is 0 Å². The molecule has 1 amide bonds. The zero-order valence-corrected chi connectivity index (χ0v) is 12.0. The molecule has 4 heteroatoms. The van der Waals surface area contributed by atoms with E-state index >= 15 is 0 Å². The molecule has 2 fully saturated rings. The zero-order chi connectivity index (χ0) is 14.2. The van der Waals surface area contributed by atoms with Crippen LogP contribution < -0.4 is 5.32 Å². The van der Waals surface area contributed by atoms with E-state index in [-0.39, 0.29) is 17.4 Å². The van der Waals surface area contributed by atoms with Crippen LogP contribution in [0.1, 0.15) is 32.3 Å². The lowest BCUT2D eigenvalue weighted by Gasteiger charge is -2.19. The highest BCUT2D eigenvalue weighted by atomic mass is 16.7. The van der Waals surface area contributed by atoms with Gasteiger partial charge in [0.2, 0.25) is 5.91 Å². The van der Waals surface area contributed by atoms with E-state index in [1.165, 1.54) is 0 Å². The van der Waals surface area contributed by atoms with E-state index in [4.69, 9.17) is 9.47 Å². The highest BCUT2D eigenvalue weighted by molar-refractivity contribution is 5.91. The third kappa shape index (κ3) is 2.58. The maximum atomic E-state index is 12.4. The molecule has 1 aromatic rings. The molecule has 0 aromatic heterocycles. The first-order chi connectivity index (χ1) is 9.52. The fourth-order valence-electron chi connectivity index (χ4n) is 2.77. The second-order valence-electron chi connectivity index (χ2n) is 6.11. The van der Waals surface area contributed by atoms with E-state index in [0.717, 1.165) is 18.4 Å². The summed E-state index contributed by atoms with van der Waals surface area (Å²) in [4.78, 5) is 12.4. The van der Waals surface area contributed by atoms with Gasteiger partial charge in [0.25, 0.3) is 0 Å². The summed E-state index contributed by atoms with van der Waals surface area (Å²) in [7, 11) is 0. The van der Waals surface area contributed by atoms with Crippen molar-refractivity contribution in [3.63, 3.8) is 0 Å². The van der Waals surface area contributed by atoms with Crippen LogP contribution in [0.5, 0.6) is 0 Å². The molecule has 2 aliphatic rings. The van der Waals surface area contributed by atoms with Gasteiger partial charge in [-0.3, -0.25) is 4.79 Å². The zero-order valence-electron chi connectivity index (χ0n) is 12.0. The van der Waals surface area contributed by atoms with Gasteiger partial charge in [-0.1, -0.05) is 30.3 Å². The van der Waals surface area contributed by atoms with Crippen molar-refractivity contribution >= 4 is 5.91 Å². The number of hydrogen-bond donors (Lipinski definition) is 1. The summed E-state index contributed by atoms with van der Waals surface area (Å²) >= 11 is 0. The van der Waals surface area contributed by atoms with Gasteiger partial charge in [-0.05, 0) is 32.3 Å². The third-order valence-electron chi connectivity index (χ3n) is 4.07. The van der Waals surface area contributed by atoms with Crippen LogP contribution in [0, 0.1) is 0 Å². The Morgan fingerprint density at radius 2 is 2.00 bits per heavy atom. The Morgan fingerprint density at radius 3 is 2.55 bits per heavy atom. The topological polar surface area (TPSA) is 47.6 Å². The van der Waals surface area contributed by atoms with Crippen LogP contribution in [0.3, 0.4) is 0 Å². The highest BCUT2D eigenvalue weighted by Gasteiger charge is 2.51. The number of benzene rings is 1. The number of hydrogen-bond acceptors (Lipinski definition) is 3. The van der Waals surface area contributed by atoms with Crippen LogP contribution in [-0.4, -0.2) is 30.9 Å². The normalized spacial score (nSPS) is 26.2. The molecule has 4 nitrogen and oxygen atoms in total. The van der Waals surface area contributed by atoms with Crippen LogP contribution in [0.25, 0.3) is 0 Å². The SMILES string of the molecule is CC1(C)OCC(CNC(=O)C2(c3ccccc3)CC2)O1. The van der Waals surface area contributed by atoms with E-state index in [2.05, 4.69) is 5.32 Å². The Hall–Kier alpha value is -1.39. The molecule has 1 N–H and O–H groups in total. The number of carbonyl (C=O) groups is 1. The fraction of sp³-hybridized carbons (Fsp3) is 0.562. The van der Waals surface area contributed by atoms with E-state index in [0.29, 0.717) is 13.2 Å². The van der Waals surface area contributed by atoms with Gasteiger partial charge in [0.05, 0.1) is 12.0 Å². The summed E-state index contributed by atoms with van der Waals surface area (Å²) < 4.78 is 11.2. The van der Waals surface area contributed by atoms with Crippen molar-refractivity contribution in [3.8, 4) is 0 Å². The molecule has 1 heterocycles. The molecule has 0 spiro atoms. The molecule has 108 valence electrons. The van der Waals surface area contributed by atoms with Gasteiger partial charge in [0.1, 0.15) is 6.10 Å². The second kappa shape index (κ2) is 4.86. The molecule has 1 aliphatic heterocycles. The number of rotatable bonds is 4. The molecule has 1 unspecified atom stereocenters.